The maximum absolute atomic E-state index is 13.9. The number of hydrogen-bond donors (Lipinski definition) is 0. The van der Waals surface area contributed by atoms with E-state index in [2.05, 4.69) is 0 Å². The Balaban J connectivity index is 1.82. The summed E-state index contributed by atoms with van der Waals surface area (Å²) in [5.41, 5.74) is 3.79. The zero-order valence-corrected chi connectivity index (χ0v) is 18.2. The van der Waals surface area contributed by atoms with Crippen LogP contribution in [0.25, 0.3) is 0 Å². The molecule has 0 radical (unpaired) electrons. The van der Waals surface area contributed by atoms with Gasteiger partial charge in [-0.1, -0.05) is 83.9 Å². The minimum atomic E-state index is -1.61. The van der Waals surface area contributed by atoms with Crippen LogP contribution in [0.15, 0.2) is 72.8 Å². The monoisotopic (exact) mass is 434 g/mol. The third-order valence-electron chi connectivity index (χ3n) is 6.82. The van der Waals surface area contributed by atoms with E-state index in [0.29, 0.717) is 11.1 Å². The molecule has 1 fully saturated rings. The van der Waals surface area contributed by atoms with E-state index in [1.54, 1.807) is 24.3 Å². The van der Waals surface area contributed by atoms with Gasteiger partial charge in [0.25, 0.3) is 0 Å². The second-order valence-corrected chi connectivity index (χ2v) is 9.69. The van der Waals surface area contributed by atoms with Gasteiger partial charge in [0, 0.05) is 11.1 Å². The molecule has 2 aliphatic rings. The number of ketones is 2. The van der Waals surface area contributed by atoms with Crippen molar-refractivity contribution >= 4 is 34.8 Å². The zero-order chi connectivity index (χ0) is 21.3. The first kappa shape index (κ1) is 19.5. The van der Waals surface area contributed by atoms with E-state index in [1.165, 1.54) is 0 Å². The molecule has 150 valence electrons. The average molecular weight is 435 g/mol. The lowest BCUT2D eigenvalue weighted by atomic mass is 9.42. The number of rotatable bonds is 2. The first-order chi connectivity index (χ1) is 14.3. The minimum absolute atomic E-state index is 0.260. The summed E-state index contributed by atoms with van der Waals surface area (Å²) >= 11 is 14.3. The van der Waals surface area contributed by atoms with Crippen LogP contribution in [0.3, 0.4) is 0 Å². The number of carbonyl (C=O) groups is 2. The highest BCUT2D eigenvalue weighted by Gasteiger charge is 2.81. The molecule has 0 bridgehead atoms. The lowest BCUT2D eigenvalue weighted by Gasteiger charge is -2.65. The Bertz CT molecular complexity index is 1150. The predicted octanol–water partition coefficient (Wildman–Crippen LogP) is 6.03. The summed E-state index contributed by atoms with van der Waals surface area (Å²) in [6.45, 7) is 4.02. The van der Waals surface area contributed by atoms with E-state index in [9.17, 15) is 9.59 Å². The largest absolute Gasteiger partial charge is 0.292 e. The molecule has 0 heterocycles. The molecular formula is C26H20Cl2O2. The van der Waals surface area contributed by atoms with E-state index >= 15 is 0 Å². The van der Waals surface area contributed by atoms with E-state index in [0.717, 1.165) is 22.3 Å². The standard InChI is InChI=1S/C26H20Cl2O2/c1-16-7-11-18(12-8-16)24(19-13-9-17(2)10-14-19)15-25(27)22(29)20-5-3-4-6-21(20)23(30)26(24,25)28/h3-14H,15H2,1-2H3. The van der Waals surface area contributed by atoms with Gasteiger partial charge in [0.1, 0.15) is 9.75 Å². The van der Waals surface area contributed by atoms with Gasteiger partial charge in [-0.2, -0.15) is 0 Å². The van der Waals surface area contributed by atoms with Gasteiger partial charge in [0.2, 0.25) is 0 Å². The van der Waals surface area contributed by atoms with Crippen molar-refractivity contribution in [2.24, 2.45) is 0 Å². The van der Waals surface area contributed by atoms with Crippen LogP contribution in [0.4, 0.5) is 0 Å². The lowest BCUT2D eigenvalue weighted by Crippen LogP contribution is -2.80. The van der Waals surface area contributed by atoms with E-state index < -0.39 is 15.2 Å². The minimum Gasteiger partial charge on any atom is -0.292 e. The normalized spacial score (nSPS) is 26.5. The van der Waals surface area contributed by atoms with Gasteiger partial charge >= 0.3 is 0 Å². The number of aryl methyl sites for hydroxylation is 2. The van der Waals surface area contributed by atoms with Crippen LogP contribution in [0.1, 0.15) is 49.4 Å². The Morgan fingerprint density at radius 2 is 1.10 bits per heavy atom. The predicted molar refractivity (Wildman–Crippen MR) is 120 cm³/mol. The average Bonchev–Trinajstić information content (AvgIpc) is 2.76. The van der Waals surface area contributed by atoms with Gasteiger partial charge in [0.15, 0.2) is 11.6 Å². The number of carbonyl (C=O) groups excluding carboxylic acids is 2. The first-order valence-electron chi connectivity index (χ1n) is 9.96. The Labute approximate surface area is 185 Å². The molecule has 2 unspecified atom stereocenters. The van der Waals surface area contributed by atoms with Crippen LogP contribution in [0.5, 0.6) is 0 Å². The molecule has 4 heteroatoms. The van der Waals surface area contributed by atoms with Crippen LogP contribution >= 0.6 is 23.2 Å². The summed E-state index contributed by atoms with van der Waals surface area (Å²) < 4.78 is 0. The second-order valence-electron chi connectivity index (χ2n) is 8.48. The molecule has 0 spiro atoms. The van der Waals surface area contributed by atoms with Gasteiger partial charge in [-0.3, -0.25) is 9.59 Å². The topological polar surface area (TPSA) is 34.1 Å². The number of halogens is 2. The third kappa shape index (κ3) is 2.16. The summed E-state index contributed by atoms with van der Waals surface area (Å²) in [7, 11) is 0. The molecule has 3 aromatic rings. The summed E-state index contributed by atoms with van der Waals surface area (Å²) in [5.74, 6) is -0.564. The van der Waals surface area contributed by atoms with E-state index in [1.807, 2.05) is 62.4 Å². The summed E-state index contributed by atoms with van der Waals surface area (Å²) in [6.07, 6.45) is 0.260. The quantitative estimate of drug-likeness (QED) is 0.461. The Hall–Kier alpha value is -2.42. The number of benzene rings is 3. The zero-order valence-electron chi connectivity index (χ0n) is 16.7. The maximum Gasteiger partial charge on any atom is 0.188 e. The number of Topliss-reactive ketones (excluding diaryl/α,β-unsaturated/α-hetero) is 2. The van der Waals surface area contributed by atoms with E-state index in [-0.39, 0.29) is 18.0 Å². The summed E-state index contributed by atoms with van der Waals surface area (Å²) in [5, 5.41) is 0. The number of fused-ring (bicyclic) bond motifs is 2. The molecule has 0 saturated heterocycles. The molecule has 0 aliphatic heterocycles. The molecule has 2 nitrogen and oxygen atoms in total. The SMILES string of the molecule is Cc1ccc(C2(c3ccc(C)cc3)CC3(Cl)C(=O)c4ccccc4C(=O)C32Cl)cc1. The van der Waals surface area contributed by atoms with Gasteiger partial charge in [-0.15, -0.1) is 23.2 Å². The fraction of sp³-hybridized carbons (Fsp3) is 0.231. The smallest absolute Gasteiger partial charge is 0.188 e. The van der Waals surface area contributed by atoms with Gasteiger partial charge in [-0.05, 0) is 31.4 Å². The molecule has 0 aromatic heterocycles. The highest BCUT2D eigenvalue weighted by atomic mass is 35.5. The molecule has 0 amide bonds. The summed E-state index contributed by atoms with van der Waals surface area (Å²) in [4.78, 5) is 24.2. The second kappa shape index (κ2) is 6.29. The van der Waals surface area contributed by atoms with Crippen molar-refractivity contribution in [3.8, 4) is 0 Å². The number of alkyl halides is 2. The van der Waals surface area contributed by atoms with Gasteiger partial charge in [-0.25, -0.2) is 0 Å². The van der Waals surface area contributed by atoms with Crippen LogP contribution < -0.4 is 0 Å². The fourth-order valence-corrected chi connectivity index (χ4v) is 6.26. The Morgan fingerprint density at radius 3 is 1.57 bits per heavy atom. The first-order valence-corrected chi connectivity index (χ1v) is 10.7. The van der Waals surface area contributed by atoms with Crippen molar-refractivity contribution in [1.29, 1.82) is 0 Å². The van der Waals surface area contributed by atoms with Crippen molar-refractivity contribution in [2.75, 3.05) is 0 Å². The molecular weight excluding hydrogens is 415 g/mol. The number of hydrogen-bond acceptors (Lipinski definition) is 2. The molecule has 3 aromatic carbocycles. The van der Waals surface area contributed by atoms with Crippen molar-refractivity contribution < 1.29 is 9.59 Å². The van der Waals surface area contributed by atoms with Crippen molar-refractivity contribution in [3.05, 3.63) is 106 Å². The van der Waals surface area contributed by atoms with Crippen LogP contribution in [-0.2, 0) is 5.41 Å². The Kier molecular flexibility index (Phi) is 4.10. The molecule has 0 N–H and O–H groups in total. The molecule has 5 rings (SSSR count). The highest BCUT2D eigenvalue weighted by molar-refractivity contribution is 6.57. The molecule has 2 atom stereocenters. The summed E-state index contributed by atoms with van der Waals surface area (Å²) in [6, 6.07) is 22.8. The molecule has 1 saturated carbocycles. The van der Waals surface area contributed by atoms with Crippen molar-refractivity contribution in [2.45, 2.75) is 35.4 Å². The molecule has 2 aliphatic carbocycles. The van der Waals surface area contributed by atoms with E-state index in [4.69, 9.17) is 23.2 Å². The maximum atomic E-state index is 13.9. The molecule has 30 heavy (non-hydrogen) atoms. The van der Waals surface area contributed by atoms with Crippen molar-refractivity contribution in [1.82, 2.24) is 0 Å². The lowest BCUT2D eigenvalue weighted by molar-refractivity contribution is 0.0510. The van der Waals surface area contributed by atoms with Crippen LogP contribution in [-0.4, -0.2) is 21.3 Å². The van der Waals surface area contributed by atoms with Crippen molar-refractivity contribution in [3.63, 3.8) is 0 Å². The fourth-order valence-electron chi connectivity index (χ4n) is 5.17. The van der Waals surface area contributed by atoms with Gasteiger partial charge in [0.05, 0.1) is 5.41 Å². The highest BCUT2D eigenvalue weighted by Crippen LogP contribution is 2.70. The Morgan fingerprint density at radius 1 is 0.667 bits per heavy atom. The van der Waals surface area contributed by atoms with Gasteiger partial charge < -0.3 is 0 Å². The third-order valence-corrected chi connectivity index (χ3v) is 8.32. The van der Waals surface area contributed by atoms with Crippen LogP contribution in [0, 0.1) is 13.8 Å². The van der Waals surface area contributed by atoms with Crippen LogP contribution in [0.2, 0.25) is 0 Å².